The number of rotatable bonds is 1. The summed E-state index contributed by atoms with van der Waals surface area (Å²) >= 11 is 0. The molecule has 2 rings (SSSR count). The normalized spacial score (nSPS) is 11.7. The van der Waals surface area contributed by atoms with E-state index in [0.29, 0.717) is 6.07 Å². The van der Waals surface area contributed by atoms with Crippen LogP contribution in [0.5, 0.6) is 0 Å². The van der Waals surface area contributed by atoms with Gasteiger partial charge in [-0.1, -0.05) is 12.1 Å². The number of alkyl halides is 3. The standard InChI is InChI=1S/C10H5F3N2O2/c11-10(12,13)7-5-9(15(16)17)14-8-4-2-1-3-6(7)8/h1-5H. The minimum absolute atomic E-state index is 0.0472. The Balaban J connectivity index is 2.83. The maximum atomic E-state index is 12.7. The molecule has 0 radical (unpaired) electrons. The van der Waals surface area contributed by atoms with Crippen molar-refractivity contribution in [2.75, 3.05) is 0 Å². The van der Waals surface area contributed by atoms with Crippen LogP contribution in [0.3, 0.4) is 0 Å². The Labute approximate surface area is 92.8 Å². The average Bonchev–Trinajstić information content (AvgIpc) is 2.26. The van der Waals surface area contributed by atoms with Crippen LogP contribution in [0.2, 0.25) is 0 Å². The maximum absolute atomic E-state index is 12.7. The monoisotopic (exact) mass is 242 g/mol. The van der Waals surface area contributed by atoms with E-state index in [1.807, 2.05) is 0 Å². The molecule has 2 aromatic rings. The topological polar surface area (TPSA) is 56.0 Å². The molecule has 0 fully saturated rings. The third-order valence-electron chi connectivity index (χ3n) is 2.20. The fraction of sp³-hybridized carbons (Fsp3) is 0.100. The Morgan fingerprint density at radius 2 is 1.88 bits per heavy atom. The molecule has 0 saturated heterocycles. The lowest BCUT2D eigenvalue weighted by Crippen LogP contribution is -2.07. The molecule has 0 unspecified atom stereocenters. The number of hydrogen-bond acceptors (Lipinski definition) is 3. The second-order valence-corrected chi connectivity index (χ2v) is 3.30. The van der Waals surface area contributed by atoms with Gasteiger partial charge >= 0.3 is 12.0 Å². The van der Waals surface area contributed by atoms with Gasteiger partial charge in [-0.15, -0.1) is 0 Å². The summed E-state index contributed by atoms with van der Waals surface area (Å²) in [6.45, 7) is 0. The molecule has 0 aliphatic rings. The van der Waals surface area contributed by atoms with Crippen molar-refractivity contribution >= 4 is 16.7 Å². The molecular weight excluding hydrogens is 237 g/mol. The van der Waals surface area contributed by atoms with Crippen molar-refractivity contribution in [3.63, 3.8) is 0 Å². The van der Waals surface area contributed by atoms with E-state index in [9.17, 15) is 23.3 Å². The van der Waals surface area contributed by atoms with E-state index in [-0.39, 0.29) is 10.9 Å². The molecule has 0 aliphatic heterocycles. The van der Waals surface area contributed by atoms with Gasteiger partial charge in [0, 0.05) is 11.5 Å². The molecule has 0 bridgehead atoms. The summed E-state index contributed by atoms with van der Waals surface area (Å²) in [5, 5.41) is 10.4. The van der Waals surface area contributed by atoms with Crippen LogP contribution < -0.4 is 0 Å². The fourth-order valence-electron chi connectivity index (χ4n) is 1.49. The number of nitrogens with zero attached hydrogens (tertiary/aromatic N) is 2. The zero-order chi connectivity index (χ0) is 12.6. The minimum atomic E-state index is -4.65. The van der Waals surface area contributed by atoms with Gasteiger partial charge in [0.25, 0.3) is 0 Å². The smallest absolute Gasteiger partial charge is 0.358 e. The maximum Gasteiger partial charge on any atom is 0.417 e. The van der Waals surface area contributed by atoms with Gasteiger partial charge < -0.3 is 10.1 Å². The molecule has 17 heavy (non-hydrogen) atoms. The molecule has 0 spiro atoms. The largest absolute Gasteiger partial charge is 0.417 e. The van der Waals surface area contributed by atoms with E-state index in [1.54, 1.807) is 0 Å². The van der Waals surface area contributed by atoms with Gasteiger partial charge in [0.05, 0.1) is 5.56 Å². The Bertz CT molecular complexity index is 596. The quantitative estimate of drug-likeness (QED) is 0.570. The highest BCUT2D eigenvalue weighted by Crippen LogP contribution is 2.35. The van der Waals surface area contributed by atoms with Gasteiger partial charge in [0.1, 0.15) is 0 Å². The number of benzene rings is 1. The number of hydrogen-bond donors (Lipinski definition) is 0. The zero-order valence-electron chi connectivity index (χ0n) is 8.23. The number of para-hydroxylation sites is 1. The van der Waals surface area contributed by atoms with Crippen LogP contribution in [-0.4, -0.2) is 9.91 Å². The molecule has 1 heterocycles. The first-order chi connectivity index (χ1) is 7.89. The van der Waals surface area contributed by atoms with Crippen molar-refractivity contribution < 1.29 is 18.1 Å². The molecule has 0 amide bonds. The van der Waals surface area contributed by atoms with Crippen molar-refractivity contribution in [2.24, 2.45) is 0 Å². The number of fused-ring (bicyclic) bond motifs is 1. The number of halogens is 3. The molecule has 7 heteroatoms. The molecule has 0 aliphatic carbocycles. The third-order valence-corrected chi connectivity index (χ3v) is 2.20. The summed E-state index contributed by atoms with van der Waals surface area (Å²) < 4.78 is 38.1. The second-order valence-electron chi connectivity index (χ2n) is 3.30. The highest BCUT2D eigenvalue weighted by atomic mass is 19.4. The highest BCUT2D eigenvalue weighted by molar-refractivity contribution is 5.83. The van der Waals surface area contributed by atoms with E-state index in [4.69, 9.17) is 0 Å². The summed E-state index contributed by atoms with van der Waals surface area (Å²) in [6.07, 6.45) is -4.65. The number of nitro groups is 1. The van der Waals surface area contributed by atoms with E-state index in [1.165, 1.54) is 24.3 Å². The van der Waals surface area contributed by atoms with Gasteiger partial charge in [-0.25, -0.2) is 0 Å². The van der Waals surface area contributed by atoms with Crippen LogP contribution in [0.1, 0.15) is 5.56 Å². The number of pyridine rings is 1. The predicted molar refractivity (Wildman–Crippen MR) is 53.4 cm³/mol. The lowest BCUT2D eigenvalue weighted by Gasteiger charge is -2.08. The van der Waals surface area contributed by atoms with E-state index < -0.39 is 22.5 Å². The molecular formula is C10H5F3N2O2. The van der Waals surface area contributed by atoms with Crippen molar-refractivity contribution in [1.29, 1.82) is 0 Å². The van der Waals surface area contributed by atoms with Crippen molar-refractivity contribution in [1.82, 2.24) is 4.98 Å². The first-order valence-electron chi connectivity index (χ1n) is 4.51. The molecule has 0 atom stereocenters. The molecule has 4 nitrogen and oxygen atoms in total. The lowest BCUT2D eigenvalue weighted by molar-refractivity contribution is -0.389. The summed E-state index contributed by atoms with van der Waals surface area (Å²) in [5.74, 6) is -0.809. The summed E-state index contributed by atoms with van der Waals surface area (Å²) in [4.78, 5) is 13.1. The van der Waals surface area contributed by atoms with Crippen LogP contribution in [0.4, 0.5) is 19.0 Å². The Morgan fingerprint density at radius 1 is 1.24 bits per heavy atom. The third kappa shape index (κ3) is 2.03. The second kappa shape index (κ2) is 3.69. The van der Waals surface area contributed by atoms with Crippen molar-refractivity contribution in [3.8, 4) is 0 Å². The van der Waals surface area contributed by atoms with Gasteiger partial charge in [-0.05, 0) is 22.0 Å². The minimum Gasteiger partial charge on any atom is -0.358 e. The van der Waals surface area contributed by atoms with Crippen LogP contribution in [0.15, 0.2) is 30.3 Å². The van der Waals surface area contributed by atoms with Crippen LogP contribution >= 0.6 is 0 Å². The van der Waals surface area contributed by atoms with Crippen molar-refractivity contribution in [2.45, 2.75) is 6.18 Å². The Kier molecular flexibility index (Phi) is 2.45. The van der Waals surface area contributed by atoms with E-state index in [0.717, 1.165) is 0 Å². The molecule has 88 valence electrons. The van der Waals surface area contributed by atoms with Crippen molar-refractivity contribution in [3.05, 3.63) is 46.0 Å². The summed E-state index contributed by atoms with van der Waals surface area (Å²) in [5.41, 5.74) is -1.09. The van der Waals surface area contributed by atoms with Gasteiger partial charge in [-0.2, -0.15) is 13.2 Å². The summed E-state index contributed by atoms with van der Waals surface area (Å²) in [7, 11) is 0. The fourth-order valence-corrected chi connectivity index (χ4v) is 1.49. The number of aromatic nitrogens is 1. The van der Waals surface area contributed by atoms with Gasteiger partial charge in [0.2, 0.25) is 0 Å². The highest BCUT2D eigenvalue weighted by Gasteiger charge is 2.35. The predicted octanol–water partition coefficient (Wildman–Crippen LogP) is 3.16. The van der Waals surface area contributed by atoms with Crippen LogP contribution in [0, 0.1) is 10.1 Å². The van der Waals surface area contributed by atoms with Gasteiger partial charge in [0.15, 0.2) is 5.52 Å². The van der Waals surface area contributed by atoms with E-state index in [2.05, 4.69) is 4.98 Å². The molecule has 1 aromatic heterocycles. The SMILES string of the molecule is O=[N+]([O-])c1cc(C(F)(F)F)c2ccccc2n1. The van der Waals surface area contributed by atoms with E-state index >= 15 is 0 Å². The molecule has 1 aromatic carbocycles. The lowest BCUT2D eigenvalue weighted by atomic mass is 10.1. The average molecular weight is 242 g/mol. The summed E-state index contributed by atoms with van der Waals surface area (Å²) in [6, 6.07) is 5.87. The first kappa shape index (κ1) is 11.3. The molecule has 0 N–H and O–H groups in total. The Hall–Kier alpha value is -2.18. The van der Waals surface area contributed by atoms with Gasteiger partial charge in [-0.3, -0.25) is 0 Å². The van der Waals surface area contributed by atoms with Crippen LogP contribution in [0.25, 0.3) is 10.9 Å². The Morgan fingerprint density at radius 3 is 2.47 bits per heavy atom. The first-order valence-corrected chi connectivity index (χ1v) is 4.51. The molecule has 0 saturated carbocycles. The van der Waals surface area contributed by atoms with Crippen LogP contribution in [-0.2, 0) is 6.18 Å². The zero-order valence-corrected chi connectivity index (χ0v) is 8.23.